The molecule has 1 heterocycles. The Hall–Kier alpha value is -3.65. The predicted octanol–water partition coefficient (Wildman–Crippen LogP) is 6.55. The summed E-state index contributed by atoms with van der Waals surface area (Å²) in [5, 5.41) is 3.52. The molecule has 0 saturated carbocycles. The van der Waals surface area contributed by atoms with E-state index in [0.29, 0.717) is 46.8 Å². The zero-order chi connectivity index (χ0) is 25.7. The second kappa shape index (κ2) is 11.4. The van der Waals surface area contributed by atoms with Gasteiger partial charge in [-0.1, -0.05) is 41.9 Å². The van der Waals surface area contributed by atoms with Gasteiger partial charge in [-0.2, -0.15) is 0 Å². The Kier molecular flexibility index (Phi) is 8.05. The number of carbonyl (C=O) groups excluding carboxylic acids is 1. The fourth-order valence-corrected chi connectivity index (χ4v) is 4.53. The summed E-state index contributed by atoms with van der Waals surface area (Å²) in [5.74, 6) is 1.21. The highest BCUT2D eigenvalue weighted by molar-refractivity contribution is 9.10. The Morgan fingerprint density at radius 2 is 1.75 bits per heavy atom. The molecule has 1 aromatic heterocycles. The number of fused-ring (bicyclic) bond motifs is 1. The Bertz CT molecular complexity index is 1400. The van der Waals surface area contributed by atoms with E-state index in [-0.39, 0.29) is 11.6 Å². The number of carbonyl (C=O) groups is 1. The standard InChI is InChI=1S/C28H29BrN4O3/c1-4-18-32(28(35)30-20-12-10-19(29)11-13-20)25(5-2)26-31-24-9-7-6-8-23(24)27(34)33(26)21-14-16-22(36-3)17-15-21/h6-17,25H,4-5,18H2,1-3H3,(H,30,35). The van der Waals surface area contributed by atoms with Crippen LogP contribution >= 0.6 is 15.9 Å². The van der Waals surface area contributed by atoms with Gasteiger partial charge in [-0.3, -0.25) is 9.36 Å². The average molecular weight is 549 g/mol. The monoisotopic (exact) mass is 548 g/mol. The lowest BCUT2D eigenvalue weighted by Gasteiger charge is -2.32. The third-order valence-corrected chi connectivity index (χ3v) is 6.54. The number of methoxy groups -OCH3 is 1. The first kappa shape index (κ1) is 25.4. The number of ether oxygens (including phenoxy) is 1. The molecule has 4 rings (SSSR count). The molecule has 36 heavy (non-hydrogen) atoms. The van der Waals surface area contributed by atoms with Crippen LogP contribution in [0.3, 0.4) is 0 Å². The van der Waals surface area contributed by atoms with Crippen LogP contribution < -0.4 is 15.6 Å². The molecule has 1 N–H and O–H groups in total. The van der Waals surface area contributed by atoms with Gasteiger partial charge in [-0.25, -0.2) is 9.78 Å². The summed E-state index contributed by atoms with van der Waals surface area (Å²) in [5.41, 5.74) is 1.78. The molecule has 3 aromatic carbocycles. The maximum Gasteiger partial charge on any atom is 0.322 e. The van der Waals surface area contributed by atoms with Crippen LogP contribution in [0.25, 0.3) is 16.6 Å². The summed E-state index contributed by atoms with van der Waals surface area (Å²) in [6.45, 7) is 4.53. The fourth-order valence-electron chi connectivity index (χ4n) is 4.26. The third-order valence-electron chi connectivity index (χ3n) is 6.01. The minimum Gasteiger partial charge on any atom is -0.497 e. The highest BCUT2D eigenvalue weighted by Crippen LogP contribution is 2.28. The molecule has 186 valence electrons. The summed E-state index contributed by atoms with van der Waals surface area (Å²) in [7, 11) is 1.60. The average Bonchev–Trinajstić information content (AvgIpc) is 2.90. The van der Waals surface area contributed by atoms with Crippen molar-refractivity contribution in [3.63, 3.8) is 0 Å². The molecule has 2 amide bonds. The van der Waals surface area contributed by atoms with Gasteiger partial charge in [-0.15, -0.1) is 0 Å². The van der Waals surface area contributed by atoms with Crippen molar-refractivity contribution in [2.75, 3.05) is 19.0 Å². The van der Waals surface area contributed by atoms with Crippen LogP contribution in [0.2, 0.25) is 0 Å². The number of rotatable bonds is 8. The second-order valence-corrected chi connectivity index (χ2v) is 9.30. The van der Waals surface area contributed by atoms with Gasteiger partial charge in [0.25, 0.3) is 5.56 Å². The van der Waals surface area contributed by atoms with Crippen molar-refractivity contribution >= 4 is 38.6 Å². The van der Waals surface area contributed by atoms with Gasteiger partial charge in [0.2, 0.25) is 0 Å². The molecular formula is C28H29BrN4O3. The molecular weight excluding hydrogens is 520 g/mol. The summed E-state index contributed by atoms with van der Waals surface area (Å²) in [6, 6.07) is 21.4. The van der Waals surface area contributed by atoms with E-state index in [1.807, 2.05) is 80.6 Å². The van der Waals surface area contributed by atoms with E-state index in [1.165, 1.54) is 0 Å². The van der Waals surface area contributed by atoms with Crippen LogP contribution in [0, 0.1) is 0 Å². The fraction of sp³-hybridized carbons (Fsp3) is 0.250. The number of hydrogen-bond acceptors (Lipinski definition) is 4. The SMILES string of the molecule is CCCN(C(=O)Nc1ccc(Br)cc1)C(CC)c1nc2ccccc2c(=O)n1-c1ccc(OC)cc1. The first-order valence-electron chi connectivity index (χ1n) is 12.0. The topological polar surface area (TPSA) is 76.5 Å². The smallest absolute Gasteiger partial charge is 0.322 e. The Balaban J connectivity index is 1.85. The number of hydrogen-bond donors (Lipinski definition) is 1. The van der Waals surface area contributed by atoms with Gasteiger partial charge in [-0.05, 0) is 73.5 Å². The number of benzene rings is 3. The van der Waals surface area contributed by atoms with E-state index in [2.05, 4.69) is 21.2 Å². The van der Waals surface area contributed by atoms with Crippen molar-refractivity contribution in [2.24, 2.45) is 0 Å². The molecule has 0 bridgehead atoms. The molecule has 0 radical (unpaired) electrons. The lowest BCUT2D eigenvalue weighted by Crippen LogP contribution is -2.41. The Morgan fingerprint density at radius 1 is 1.06 bits per heavy atom. The number of amides is 2. The van der Waals surface area contributed by atoms with E-state index in [4.69, 9.17) is 9.72 Å². The minimum absolute atomic E-state index is 0.177. The molecule has 1 atom stereocenters. The summed E-state index contributed by atoms with van der Waals surface area (Å²) in [4.78, 5) is 34.0. The van der Waals surface area contributed by atoms with Crippen molar-refractivity contribution < 1.29 is 9.53 Å². The van der Waals surface area contributed by atoms with Crippen molar-refractivity contribution in [3.8, 4) is 11.4 Å². The molecule has 0 aliphatic carbocycles. The van der Waals surface area contributed by atoms with Crippen LogP contribution in [-0.4, -0.2) is 34.1 Å². The normalized spacial score (nSPS) is 11.8. The second-order valence-electron chi connectivity index (χ2n) is 8.38. The quantitative estimate of drug-likeness (QED) is 0.270. The van der Waals surface area contributed by atoms with E-state index in [1.54, 1.807) is 22.6 Å². The maximum absolute atomic E-state index is 13.8. The molecule has 0 saturated heterocycles. The minimum atomic E-state index is -0.431. The van der Waals surface area contributed by atoms with E-state index < -0.39 is 6.04 Å². The van der Waals surface area contributed by atoms with Crippen molar-refractivity contribution in [2.45, 2.75) is 32.7 Å². The molecule has 7 nitrogen and oxygen atoms in total. The third kappa shape index (κ3) is 5.28. The number of nitrogens with one attached hydrogen (secondary N) is 1. The van der Waals surface area contributed by atoms with Crippen LogP contribution in [0.4, 0.5) is 10.5 Å². The number of urea groups is 1. The first-order valence-corrected chi connectivity index (χ1v) is 12.7. The van der Waals surface area contributed by atoms with Gasteiger partial charge >= 0.3 is 6.03 Å². The summed E-state index contributed by atoms with van der Waals surface area (Å²) < 4.78 is 7.85. The highest BCUT2D eigenvalue weighted by Gasteiger charge is 2.29. The van der Waals surface area contributed by atoms with Gasteiger partial charge in [0.1, 0.15) is 11.6 Å². The van der Waals surface area contributed by atoms with E-state index in [9.17, 15) is 9.59 Å². The maximum atomic E-state index is 13.8. The van der Waals surface area contributed by atoms with Gasteiger partial charge < -0.3 is 15.0 Å². The molecule has 8 heteroatoms. The van der Waals surface area contributed by atoms with Crippen molar-refractivity contribution in [1.29, 1.82) is 0 Å². The predicted molar refractivity (Wildman–Crippen MR) is 147 cm³/mol. The number of anilines is 1. The highest BCUT2D eigenvalue weighted by atomic mass is 79.9. The molecule has 4 aromatic rings. The van der Waals surface area contributed by atoms with E-state index >= 15 is 0 Å². The van der Waals surface area contributed by atoms with Crippen LogP contribution in [0.5, 0.6) is 5.75 Å². The lowest BCUT2D eigenvalue weighted by atomic mass is 10.1. The molecule has 1 unspecified atom stereocenters. The molecule has 0 aliphatic heterocycles. The number of halogens is 1. The van der Waals surface area contributed by atoms with E-state index in [0.717, 1.165) is 10.9 Å². The van der Waals surface area contributed by atoms with Gasteiger partial charge in [0.15, 0.2) is 0 Å². The summed E-state index contributed by atoms with van der Waals surface area (Å²) in [6.07, 6.45) is 1.33. The van der Waals surface area contributed by atoms with Gasteiger partial charge in [0.05, 0.1) is 29.7 Å². The van der Waals surface area contributed by atoms with Crippen LogP contribution in [-0.2, 0) is 0 Å². The van der Waals surface area contributed by atoms with Crippen molar-refractivity contribution in [1.82, 2.24) is 14.5 Å². The number of nitrogens with zero attached hydrogens (tertiary/aromatic N) is 3. The Morgan fingerprint density at radius 3 is 2.39 bits per heavy atom. The van der Waals surface area contributed by atoms with Crippen molar-refractivity contribution in [3.05, 3.63) is 93.4 Å². The summed E-state index contributed by atoms with van der Waals surface area (Å²) >= 11 is 3.42. The largest absolute Gasteiger partial charge is 0.497 e. The zero-order valence-electron chi connectivity index (χ0n) is 20.6. The molecule has 0 aliphatic rings. The Labute approximate surface area is 218 Å². The molecule has 0 fully saturated rings. The van der Waals surface area contributed by atoms with Gasteiger partial charge in [0, 0.05) is 16.7 Å². The molecule has 0 spiro atoms. The first-order chi connectivity index (χ1) is 17.5. The lowest BCUT2D eigenvalue weighted by molar-refractivity contribution is 0.181. The zero-order valence-corrected chi connectivity index (χ0v) is 22.2. The number of para-hydroxylation sites is 1. The van der Waals surface area contributed by atoms with Crippen LogP contribution in [0.1, 0.15) is 38.6 Å². The van der Waals surface area contributed by atoms with Crippen LogP contribution in [0.15, 0.2) is 82.1 Å². The number of aromatic nitrogens is 2.